The van der Waals surface area contributed by atoms with Gasteiger partial charge in [0.05, 0.1) is 46.9 Å². The molecule has 13 heteroatoms. The van der Waals surface area contributed by atoms with E-state index in [1.165, 1.54) is 24.8 Å². The first-order chi connectivity index (χ1) is 19.5. The third-order valence-corrected chi connectivity index (χ3v) is 6.31. The second kappa shape index (κ2) is 15.3. The Kier molecular flexibility index (Phi) is 11.6. The Bertz CT molecular complexity index is 1800. The van der Waals surface area contributed by atoms with E-state index in [2.05, 4.69) is 58.6 Å². The van der Waals surface area contributed by atoms with Crippen molar-refractivity contribution in [2.24, 2.45) is 0 Å². The molecule has 0 radical (unpaired) electrons. The van der Waals surface area contributed by atoms with E-state index in [0.29, 0.717) is 33.4 Å². The van der Waals surface area contributed by atoms with E-state index in [4.69, 9.17) is 13.2 Å². The molecule has 0 unspecified atom stereocenters. The number of aromatic amines is 2. The van der Waals surface area contributed by atoms with Crippen LogP contribution in [0.25, 0.3) is 44.6 Å². The zero-order chi connectivity index (χ0) is 29.1. The third kappa shape index (κ3) is 6.63. The van der Waals surface area contributed by atoms with Gasteiger partial charge in [0.25, 0.3) is 0 Å². The van der Waals surface area contributed by atoms with Crippen LogP contribution in [0, 0.1) is 38.4 Å². The van der Waals surface area contributed by atoms with Gasteiger partial charge in [-0.25, -0.2) is 28.7 Å². The van der Waals surface area contributed by atoms with Crippen LogP contribution < -0.4 is 0 Å². The second-order valence-electron chi connectivity index (χ2n) is 7.33. The molecule has 0 amide bonds. The molecule has 0 spiro atoms. The van der Waals surface area contributed by atoms with Crippen molar-refractivity contribution in [2.45, 2.75) is 0 Å². The monoisotopic (exact) mass is 701 g/mol. The number of rotatable bonds is 2. The van der Waals surface area contributed by atoms with E-state index in [0.717, 1.165) is 20.3 Å². The summed E-state index contributed by atoms with van der Waals surface area (Å²) in [5.41, 5.74) is 5.18. The molecule has 0 atom stereocenters. The standard InChI is InChI=1S/C13H7FN4.C12H7FIN3.CH3F.CN.Cu/c14-10-4-2-1-3-8(10)12-9(5-15)13-11(18-12)6-16-7-17-13;13-8-4-2-1-3-7(8)11-10(14)12-9(17-11)5-15-6-16-12;2*1-2;/h1-4,6-7,18H;1-6,17H;1H3;;/q;;;-1;+1/i;;1D;;. The zero-order valence-electron chi connectivity index (χ0n) is 21.1. The van der Waals surface area contributed by atoms with E-state index in [9.17, 15) is 18.4 Å². The topological polar surface area (TPSA) is 131 Å². The maximum absolute atomic E-state index is 13.8. The molecule has 6 aromatic rings. The summed E-state index contributed by atoms with van der Waals surface area (Å²) in [5.74, 6) is -0.626. The molecule has 40 heavy (non-hydrogen) atoms. The van der Waals surface area contributed by atoms with Gasteiger partial charge in [-0.1, -0.05) is 24.3 Å². The van der Waals surface area contributed by atoms with Crippen LogP contribution in [0.3, 0.4) is 0 Å². The first kappa shape index (κ1) is 30.2. The molecule has 4 aromatic heterocycles. The molecular formula is C27H17CuF3IN8. The van der Waals surface area contributed by atoms with Crippen LogP contribution in [0.1, 0.15) is 6.93 Å². The first-order valence-electron chi connectivity index (χ1n) is 11.5. The molecule has 4 heterocycles. The SMILES string of the molecule is Fc1ccccc1-c1[nH]c2cncnc2c1I.N#Cc1c(-c2ccccc2F)[nH]c2cncnc12.[2H]CF.[C-]#N.[Cu+]. The van der Waals surface area contributed by atoms with Crippen molar-refractivity contribution in [1.82, 2.24) is 29.9 Å². The Morgan fingerprint density at radius 3 is 1.80 bits per heavy atom. The van der Waals surface area contributed by atoms with Gasteiger partial charge in [-0.2, -0.15) is 5.26 Å². The number of fused-ring (bicyclic) bond motifs is 2. The maximum atomic E-state index is 13.8. The molecule has 2 N–H and O–H groups in total. The summed E-state index contributed by atoms with van der Waals surface area (Å²) in [6, 6.07) is 15.0. The number of halogens is 4. The predicted octanol–water partition coefficient (Wildman–Crippen LogP) is 6.68. The van der Waals surface area contributed by atoms with Gasteiger partial charge in [0.15, 0.2) is 0 Å². The van der Waals surface area contributed by atoms with Crippen LogP contribution in [-0.4, -0.2) is 37.1 Å². The molecule has 0 saturated carbocycles. The number of alkyl halides is 1. The molecule has 8 nitrogen and oxygen atoms in total. The molecule has 0 bridgehead atoms. The number of benzene rings is 2. The summed E-state index contributed by atoms with van der Waals surface area (Å²) >= 11 is 2.17. The van der Waals surface area contributed by atoms with Crippen LogP contribution in [0.4, 0.5) is 13.2 Å². The molecule has 0 fully saturated rings. The Morgan fingerprint density at radius 2 is 1.30 bits per heavy atom. The van der Waals surface area contributed by atoms with Gasteiger partial charge in [0.2, 0.25) is 0 Å². The van der Waals surface area contributed by atoms with Crippen molar-refractivity contribution in [3.63, 3.8) is 0 Å². The zero-order valence-corrected chi connectivity index (χ0v) is 23.2. The number of hydrogen-bond donors (Lipinski definition) is 2. The molecule has 0 saturated heterocycles. The molecule has 6 rings (SSSR count). The Morgan fingerprint density at radius 1 is 0.850 bits per heavy atom. The number of nitriles is 1. The van der Waals surface area contributed by atoms with Gasteiger partial charge in [-0.3, -0.25) is 4.39 Å². The maximum Gasteiger partial charge on any atom is 1.00 e. The van der Waals surface area contributed by atoms with Crippen molar-refractivity contribution in [2.75, 3.05) is 7.15 Å². The number of H-pyrrole nitrogens is 2. The molecule has 204 valence electrons. The van der Waals surface area contributed by atoms with E-state index in [1.807, 2.05) is 6.07 Å². The Hall–Kier alpha value is -4.30. The number of nitrogens with zero attached hydrogens (tertiary/aromatic N) is 6. The Balaban J connectivity index is 0.000000244. The summed E-state index contributed by atoms with van der Waals surface area (Å²) < 4.78 is 43.9. The van der Waals surface area contributed by atoms with Crippen molar-refractivity contribution in [3.8, 4) is 28.6 Å². The molecule has 2 aromatic carbocycles. The van der Waals surface area contributed by atoms with Gasteiger partial charge in [-0.05, 0) is 46.9 Å². The van der Waals surface area contributed by atoms with Crippen molar-refractivity contribution in [3.05, 3.63) is 101 Å². The summed E-state index contributed by atoms with van der Waals surface area (Å²) in [5, 5.41) is 15.5. The fourth-order valence-electron chi connectivity index (χ4n) is 3.66. The minimum Gasteiger partial charge on any atom is -0.512 e. The van der Waals surface area contributed by atoms with Crippen LogP contribution in [0.2, 0.25) is 0 Å². The van der Waals surface area contributed by atoms with E-state index >= 15 is 0 Å². The molecular weight excluding hydrogens is 684 g/mol. The van der Waals surface area contributed by atoms with Crippen LogP contribution >= 0.6 is 22.6 Å². The van der Waals surface area contributed by atoms with Crippen LogP contribution in [0.15, 0.2) is 73.6 Å². The minimum atomic E-state index is -1.00. The molecule has 0 aliphatic heterocycles. The van der Waals surface area contributed by atoms with Crippen molar-refractivity contribution >= 4 is 44.7 Å². The predicted molar refractivity (Wildman–Crippen MR) is 148 cm³/mol. The minimum absolute atomic E-state index is 0. The van der Waals surface area contributed by atoms with Gasteiger partial charge in [-0.15, -0.1) is 0 Å². The summed E-state index contributed by atoms with van der Waals surface area (Å²) in [7, 11) is -1.00. The number of hydrogen-bond acceptors (Lipinski definition) is 6. The van der Waals surface area contributed by atoms with Crippen LogP contribution in [0.5, 0.6) is 0 Å². The molecule has 0 aliphatic carbocycles. The largest absolute Gasteiger partial charge is 1.00 e. The fraction of sp³-hybridized carbons (Fsp3) is 0.0370. The number of aromatic nitrogens is 6. The van der Waals surface area contributed by atoms with E-state index < -0.39 is 7.15 Å². The first-order valence-corrected chi connectivity index (χ1v) is 11.8. The second-order valence-corrected chi connectivity index (χ2v) is 8.41. The van der Waals surface area contributed by atoms with E-state index in [-0.39, 0.29) is 28.7 Å². The van der Waals surface area contributed by atoms with Gasteiger partial charge < -0.3 is 21.8 Å². The fourth-order valence-corrected chi connectivity index (χ4v) is 4.52. The van der Waals surface area contributed by atoms with Crippen LogP contribution in [-0.2, 0) is 17.1 Å². The Labute approximate surface area is 252 Å². The normalized spacial score (nSPS) is 9.88. The van der Waals surface area contributed by atoms with Gasteiger partial charge in [0.1, 0.15) is 47.0 Å². The van der Waals surface area contributed by atoms with Gasteiger partial charge in [0, 0.05) is 11.1 Å². The summed E-state index contributed by atoms with van der Waals surface area (Å²) in [6.45, 7) is 4.75. The third-order valence-electron chi connectivity index (χ3n) is 5.26. The quantitative estimate of drug-likeness (QED) is 0.118. The average molecular weight is 702 g/mol. The average Bonchev–Trinajstić information content (AvgIpc) is 3.53. The van der Waals surface area contributed by atoms with Crippen molar-refractivity contribution < 1.29 is 31.6 Å². The smallest absolute Gasteiger partial charge is 0.512 e. The van der Waals surface area contributed by atoms with Crippen molar-refractivity contribution in [1.29, 1.82) is 10.5 Å². The van der Waals surface area contributed by atoms with Gasteiger partial charge >= 0.3 is 17.1 Å². The van der Waals surface area contributed by atoms with E-state index in [1.54, 1.807) is 42.7 Å². The molecule has 0 aliphatic rings. The number of nitrogens with one attached hydrogen (secondary N) is 2. The summed E-state index contributed by atoms with van der Waals surface area (Å²) in [4.78, 5) is 22.2. The summed E-state index contributed by atoms with van der Waals surface area (Å²) in [6.07, 6.45) is 6.11.